The van der Waals surface area contributed by atoms with Crippen molar-refractivity contribution in [3.63, 3.8) is 0 Å². The summed E-state index contributed by atoms with van der Waals surface area (Å²) < 4.78 is 11.3. The predicted molar refractivity (Wildman–Crippen MR) is 90.4 cm³/mol. The molecule has 0 bridgehead atoms. The first-order valence-corrected chi connectivity index (χ1v) is 8.99. The molecule has 128 valence electrons. The summed E-state index contributed by atoms with van der Waals surface area (Å²) in [6.45, 7) is 1.13. The van der Waals surface area contributed by atoms with Gasteiger partial charge in [0, 0.05) is 18.5 Å². The lowest BCUT2D eigenvalue weighted by atomic mass is 10.2. The summed E-state index contributed by atoms with van der Waals surface area (Å²) in [6.07, 6.45) is 3.20. The van der Waals surface area contributed by atoms with Crippen molar-refractivity contribution in [2.24, 2.45) is 0 Å². The van der Waals surface area contributed by atoms with Crippen LogP contribution in [0.1, 0.15) is 24.6 Å². The van der Waals surface area contributed by atoms with Crippen LogP contribution >= 0.6 is 11.8 Å². The molecule has 8 heteroatoms. The molecule has 1 aliphatic rings. The van der Waals surface area contributed by atoms with Gasteiger partial charge in [0.1, 0.15) is 0 Å². The quantitative estimate of drug-likeness (QED) is 0.627. The maximum absolute atomic E-state index is 11.6. The topological polar surface area (TPSA) is 85.3 Å². The van der Waals surface area contributed by atoms with Crippen molar-refractivity contribution < 1.29 is 13.6 Å². The van der Waals surface area contributed by atoms with Crippen molar-refractivity contribution in [3.8, 4) is 11.3 Å². The maximum atomic E-state index is 11.6. The zero-order chi connectivity index (χ0) is 17.1. The first kappa shape index (κ1) is 15.9. The summed E-state index contributed by atoms with van der Waals surface area (Å²) in [5.41, 5.74) is 0.988. The number of nitrogens with zero attached hydrogens (tertiary/aromatic N) is 4. The molecule has 0 unspecified atom stereocenters. The molecule has 0 N–H and O–H groups in total. The van der Waals surface area contributed by atoms with Crippen molar-refractivity contribution in [1.82, 2.24) is 20.1 Å². The van der Waals surface area contributed by atoms with Crippen LogP contribution in [0.3, 0.4) is 0 Å². The standard InChI is InChI=1S/C17H16N4O3S/c22-16-7-4-8-21(16)10-14-19-20-17(24-14)25-11-15-18-9-13(23-15)12-5-2-1-3-6-12/h1-3,5-6,9H,4,7-8,10-11H2. The van der Waals surface area contributed by atoms with Gasteiger partial charge in [-0.05, 0) is 6.42 Å². The van der Waals surface area contributed by atoms with Crippen LogP contribution in [0, 0.1) is 0 Å². The molecule has 0 spiro atoms. The first-order valence-electron chi connectivity index (χ1n) is 8.01. The minimum Gasteiger partial charge on any atom is -0.440 e. The van der Waals surface area contributed by atoms with E-state index in [0.717, 1.165) is 24.3 Å². The van der Waals surface area contributed by atoms with E-state index in [1.807, 2.05) is 30.3 Å². The number of benzene rings is 1. The highest BCUT2D eigenvalue weighted by atomic mass is 32.2. The summed E-state index contributed by atoms with van der Waals surface area (Å²) in [5.74, 6) is 2.42. The number of hydrogen-bond acceptors (Lipinski definition) is 7. The van der Waals surface area contributed by atoms with Crippen molar-refractivity contribution in [3.05, 3.63) is 48.3 Å². The van der Waals surface area contributed by atoms with Crippen LogP contribution in [0.5, 0.6) is 0 Å². The zero-order valence-electron chi connectivity index (χ0n) is 13.4. The van der Waals surface area contributed by atoms with Crippen LogP contribution in [-0.2, 0) is 17.1 Å². The molecular formula is C17H16N4O3S. The van der Waals surface area contributed by atoms with Gasteiger partial charge in [0.05, 0.1) is 18.5 Å². The average molecular weight is 356 g/mol. The molecule has 0 saturated carbocycles. The molecule has 4 rings (SSSR count). The Labute approximate surface area is 148 Å². The molecule has 25 heavy (non-hydrogen) atoms. The van der Waals surface area contributed by atoms with Gasteiger partial charge in [-0.15, -0.1) is 10.2 Å². The molecule has 1 amide bonds. The molecule has 1 aromatic carbocycles. The van der Waals surface area contributed by atoms with Gasteiger partial charge >= 0.3 is 0 Å². The summed E-state index contributed by atoms with van der Waals surface area (Å²) in [4.78, 5) is 17.6. The highest BCUT2D eigenvalue weighted by Crippen LogP contribution is 2.25. The minimum atomic E-state index is 0.139. The van der Waals surface area contributed by atoms with Crippen molar-refractivity contribution >= 4 is 17.7 Å². The Morgan fingerprint density at radius 3 is 2.80 bits per heavy atom. The average Bonchev–Trinajstić information content (AvgIpc) is 3.37. The van der Waals surface area contributed by atoms with E-state index in [4.69, 9.17) is 8.83 Å². The largest absolute Gasteiger partial charge is 0.440 e. The molecule has 3 heterocycles. The predicted octanol–water partition coefficient (Wildman–Crippen LogP) is 3.14. The minimum absolute atomic E-state index is 0.139. The van der Waals surface area contributed by atoms with Crippen LogP contribution in [0.25, 0.3) is 11.3 Å². The lowest BCUT2D eigenvalue weighted by molar-refractivity contribution is -0.128. The van der Waals surface area contributed by atoms with Crippen LogP contribution in [0.2, 0.25) is 0 Å². The summed E-state index contributed by atoms with van der Waals surface area (Å²) in [5, 5.41) is 8.44. The van der Waals surface area contributed by atoms with Crippen LogP contribution in [-0.4, -0.2) is 32.5 Å². The third-order valence-corrected chi connectivity index (χ3v) is 4.68. The molecule has 7 nitrogen and oxygen atoms in total. The fourth-order valence-corrected chi connectivity index (χ4v) is 3.27. The fraction of sp³-hybridized carbons (Fsp3) is 0.294. The van der Waals surface area contributed by atoms with Crippen molar-refractivity contribution in [2.45, 2.75) is 30.4 Å². The highest BCUT2D eigenvalue weighted by molar-refractivity contribution is 7.98. The van der Waals surface area contributed by atoms with Gasteiger partial charge in [0.2, 0.25) is 17.7 Å². The van der Waals surface area contributed by atoms with Gasteiger partial charge in [0.15, 0.2) is 5.76 Å². The SMILES string of the molecule is O=C1CCCN1Cc1nnc(SCc2ncc(-c3ccccc3)o2)o1. The Balaban J connectivity index is 1.34. The number of rotatable bonds is 6. The molecule has 1 fully saturated rings. The molecule has 0 atom stereocenters. The number of aromatic nitrogens is 3. The van der Waals surface area contributed by atoms with Crippen molar-refractivity contribution in [2.75, 3.05) is 6.54 Å². The van der Waals surface area contributed by atoms with Gasteiger partial charge < -0.3 is 13.7 Å². The normalized spacial score (nSPS) is 14.4. The van der Waals surface area contributed by atoms with Gasteiger partial charge in [-0.2, -0.15) is 0 Å². The van der Waals surface area contributed by atoms with Gasteiger partial charge in [-0.1, -0.05) is 42.1 Å². The van der Waals surface area contributed by atoms with E-state index < -0.39 is 0 Å². The number of carbonyl (C=O) groups is 1. The third-order valence-electron chi connectivity index (χ3n) is 3.88. The van der Waals surface area contributed by atoms with E-state index >= 15 is 0 Å². The molecule has 0 radical (unpaired) electrons. The zero-order valence-corrected chi connectivity index (χ0v) is 14.2. The summed E-state index contributed by atoms with van der Waals surface area (Å²) >= 11 is 1.36. The second kappa shape index (κ2) is 7.10. The number of hydrogen-bond donors (Lipinski definition) is 0. The Morgan fingerprint density at radius 2 is 2.00 bits per heavy atom. The Bertz CT molecular complexity index is 862. The van der Waals surface area contributed by atoms with E-state index in [2.05, 4.69) is 15.2 Å². The first-order chi connectivity index (χ1) is 12.3. The van der Waals surface area contributed by atoms with Gasteiger partial charge in [-0.3, -0.25) is 4.79 Å². The molecule has 3 aromatic rings. The van der Waals surface area contributed by atoms with E-state index in [1.165, 1.54) is 11.8 Å². The van der Waals surface area contributed by atoms with E-state index in [-0.39, 0.29) is 5.91 Å². The highest BCUT2D eigenvalue weighted by Gasteiger charge is 2.22. The van der Waals surface area contributed by atoms with Gasteiger partial charge in [0.25, 0.3) is 5.22 Å². The molecule has 2 aromatic heterocycles. The third kappa shape index (κ3) is 3.74. The molecule has 1 saturated heterocycles. The van der Waals surface area contributed by atoms with E-state index in [9.17, 15) is 4.79 Å². The Kier molecular flexibility index (Phi) is 4.51. The van der Waals surface area contributed by atoms with Crippen LogP contribution in [0.4, 0.5) is 0 Å². The van der Waals surface area contributed by atoms with Gasteiger partial charge in [-0.25, -0.2) is 4.98 Å². The molecule has 1 aliphatic heterocycles. The van der Waals surface area contributed by atoms with Crippen LogP contribution < -0.4 is 0 Å². The molecule has 0 aliphatic carbocycles. The summed E-state index contributed by atoms with van der Waals surface area (Å²) in [6, 6.07) is 9.82. The summed E-state index contributed by atoms with van der Waals surface area (Å²) in [7, 11) is 0. The van der Waals surface area contributed by atoms with Crippen LogP contribution in [0.15, 0.2) is 50.6 Å². The second-order valence-electron chi connectivity index (χ2n) is 5.65. The number of thioether (sulfide) groups is 1. The van der Waals surface area contributed by atoms with E-state index in [0.29, 0.717) is 35.7 Å². The number of carbonyl (C=O) groups excluding carboxylic acids is 1. The second-order valence-corrected chi connectivity index (χ2v) is 6.58. The van der Waals surface area contributed by atoms with E-state index in [1.54, 1.807) is 11.1 Å². The smallest absolute Gasteiger partial charge is 0.277 e. The number of likely N-dealkylation sites (tertiary alicyclic amines) is 1. The lowest BCUT2D eigenvalue weighted by Crippen LogP contribution is -2.23. The fourth-order valence-electron chi connectivity index (χ4n) is 2.63. The molecular weight excluding hydrogens is 340 g/mol. The Morgan fingerprint density at radius 1 is 1.12 bits per heavy atom. The monoisotopic (exact) mass is 356 g/mol. The Hall–Kier alpha value is -2.61. The maximum Gasteiger partial charge on any atom is 0.277 e. The number of oxazole rings is 1. The van der Waals surface area contributed by atoms with Crippen molar-refractivity contribution in [1.29, 1.82) is 0 Å². The number of amides is 1. The lowest BCUT2D eigenvalue weighted by Gasteiger charge is -2.11.